The van der Waals surface area contributed by atoms with E-state index >= 15 is 0 Å². The van der Waals surface area contributed by atoms with Crippen molar-refractivity contribution >= 4 is 21.8 Å². The van der Waals surface area contributed by atoms with Crippen molar-refractivity contribution < 1.29 is 0 Å². The number of fused-ring (bicyclic) bond motifs is 3. The molecule has 0 saturated heterocycles. The van der Waals surface area contributed by atoms with Crippen molar-refractivity contribution in [1.29, 1.82) is 0 Å². The molecule has 0 aliphatic heterocycles. The van der Waals surface area contributed by atoms with E-state index < -0.39 is 0 Å². The first kappa shape index (κ1) is 25.7. The van der Waals surface area contributed by atoms with Crippen LogP contribution in [0.2, 0.25) is 0 Å². The quantitative estimate of drug-likeness (QED) is 0.196. The molecule has 0 aliphatic carbocycles. The van der Waals surface area contributed by atoms with Crippen LogP contribution < -0.4 is 0 Å². The first-order chi connectivity index (χ1) is 21.8. The Morgan fingerprint density at radius 3 is 1.20 bits per heavy atom. The van der Waals surface area contributed by atoms with E-state index in [9.17, 15) is 0 Å². The summed E-state index contributed by atoms with van der Waals surface area (Å²) in [6.07, 6.45) is 3.74. The molecule has 0 N–H and O–H groups in total. The lowest BCUT2D eigenvalue weighted by atomic mass is 9.99. The van der Waals surface area contributed by atoms with E-state index in [0.717, 1.165) is 49.9 Å². The Morgan fingerprint density at radius 2 is 0.682 bits per heavy atom. The number of rotatable bonds is 5. The Labute approximate surface area is 255 Å². The van der Waals surface area contributed by atoms with Crippen LogP contribution in [0.25, 0.3) is 78.0 Å². The molecule has 0 atom stereocenters. The Bertz CT molecular complexity index is 2230. The second-order valence-electron chi connectivity index (χ2n) is 10.8. The maximum atomic E-state index is 5.01. The van der Waals surface area contributed by atoms with Crippen molar-refractivity contribution in [2.24, 2.45) is 0 Å². The Morgan fingerprint density at radius 1 is 0.295 bits per heavy atom. The van der Waals surface area contributed by atoms with Crippen LogP contribution >= 0.6 is 0 Å². The van der Waals surface area contributed by atoms with Crippen molar-refractivity contribution in [2.75, 3.05) is 0 Å². The van der Waals surface area contributed by atoms with Crippen LogP contribution in [0.1, 0.15) is 0 Å². The van der Waals surface area contributed by atoms with Gasteiger partial charge in [-0.2, -0.15) is 0 Å². The Balaban J connectivity index is 1.06. The summed E-state index contributed by atoms with van der Waals surface area (Å²) in [6, 6.07) is 50.3. The summed E-state index contributed by atoms with van der Waals surface area (Å²) in [7, 11) is 0. The lowest BCUT2D eigenvalue weighted by molar-refractivity contribution is 1.15. The molecule has 8 rings (SSSR count). The van der Waals surface area contributed by atoms with Crippen LogP contribution in [0, 0.1) is 0 Å². The molecular weight excluding hydrogens is 536 g/mol. The van der Waals surface area contributed by atoms with E-state index in [-0.39, 0.29) is 0 Å². The van der Waals surface area contributed by atoms with E-state index in [0.29, 0.717) is 5.82 Å². The summed E-state index contributed by atoms with van der Waals surface area (Å²) in [5, 5.41) is 2.08. The maximum Gasteiger partial charge on any atom is 0.178 e. The molecule has 0 aliphatic rings. The zero-order chi connectivity index (χ0) is 29.3. The molecule has 3 aromatic heterocycles. The van der Waals surface area contributed by atoms with Gasteiger partial charge in [-0.05, 0) is 39.9 Å². The topological polar surface area (TPSA) is 51.6 Å². The standard InChI is InChI=1S/C40H26N4/c1-3-7-27(8-4-1)28-11-13-29(14-12-28)30-15-17-31(18-16-30)35-25-41-40(42-26-35)37-24-22-34-20-19-33-21-23-36(32-9-5-2-6-10-32)43-38(33)39(34)44-37/h1-26H. The van der Waals surface area contributed by atoms with Gasteiger partial charge in [0.2, 0.25) is 0 Å². The second kappa shape index (κ2) is 11.0. The predicted molar refractivity (Wildman–Crippen MR) is 180 cm³/mol. The minimum Gasteiger partial charge on any atom is -0.245 e. The van der Waals surface area contributed by atoms with Crippen LogP contribution in [0.3, 0.4) is 0 Å². The highest BCUT2D eigenvalue weighted by molar-refractivity contribution is 6.04. The highest BCUT2D eigenvalue weighted by Crippen LogP contribution is 2.30. The van der Waals surface area contributed by atoms with E-state index in [4.69, 9.17) is 19.9 Å². The third-order valence-electron chi connectivity index (χ3n) is 8.01. The summed E-state index contributed by atoms with van der Waals surface area (Å²) in [5.41, 5.74) is 11.3. The first-order valence-corrected chi connectivity index (χ1v) is 14.6. The minimum absolute atomic E-state index is 0.585. The second-order valence-corrected chi connectivity index (χ2v) is 10.8. The number of aromatic nitrogens is 4. The number of benzene rings is 5. The van der Waals surface area contributed by atoms with Gasteiger partial charge < -0.3 is 0 Å². The minimum atomic E-state index is 0.585. The predicted octanol–water partition coefficient (Wildman–Crippen LogP) is 9.91. The van der Waals surface area contributed by atoms with Gasteiger partial charge in [-0.15, -0.1) is 0 Å². The Kier molecular flexibility index (Phi) is 6.43. The molecule has 3 heterocycles. The summed E-state index contributed by atoms with van der Waals surface area (Å²) in [4.78, 5) is 19.4. The largest absolute Gasteiger partial charge is 0.245 e. The highest BCUT2D eigenvalue weighted by Gasteiger charge is 2.11. The van der Waals surface area contributed by atoms with Gasteiger partial charge in [-0.1, -0.05) is 133 Å². The van der Waals surface area contributed by atoms with Crippen molar-refractivity contribution in [3.8, 4) is 56.2 Å². The zero-order valence-corrected chi connectivity index (χ0v) is 23.8. The normalized spacial score (nSPS) is 11.2. The molecule has 4 nitrogen and oxygen atoms in total. The lowest BCUT2D eigenvalue weighted by Gasteiger charge is -2.08. The molecule has 0 spiro atoms. The smallest absolute Gasteiger partial charge is 0.178 e. The van der Waals surface area contributed by atoms with Crippen molar-refractivity contribution in [2.45, 2.75) is 0 Å². The SMILES string of the molecule is c1ccc(-c2ccc(-c3ccc(-c4cnc(-c5ccc6ccc7ccc(-c8ccccc8)nc7c6n5)nc4)cc3)cc2)cc1. The number of hydrogen-bond donors (Lipinski definition) is 0. The van der Waals surface area contributed by atoms with Crippen molar-refractivity contribution in [3.05, 3.63) is 158 Å². The van der Waals surface area contributed by atoms with Gasteiger partial charge in [0, 0.05) is 34.3 Å². The molecular formula is C40H26N4. The fraction of sp³-hybridized carbons (Fsp3) is 0. The van der Waals surface area contributed by atoms with Gasteiger partial charge in [0.1, 0.15) is 5.69 Å². The van der Waals surface area contributed by atoms with Gasteiger partial charge in [0.25, 0.3) is 0 Å². The number of hydrogen-bond acceptors (Lipinski definition) is 4. The molecule has 8 aromatic rings. The molecule has 0 saturated carbocycles. The van der Waals surface area contributed by atoms with E-state index in [2.05, 4.69) is 115 Å². The summed E-state index contributed by atoms with van der Waals surface area (Å²) in [5.74, 6) is 0.585. The van der Waals surface area contributed by atoms with Gasteiger partial charge in [0.05, 0.1) is 16.7 Å². The fourth-order valence-corrected chi connectivity index (χ4v) is 5.61. The van der Waals surface area contributed by atoms with E-state index in [1.165, 1.54) is 22.3 Å². The summed E-state index contributed by atoms with van der Waals surface area (Å²) < 4.78 is 0. The molecule has 0 amide bonds. The lowest BCUT2D eigenvalue weighted by Crippen LogP contribution is -1.94. The molecule has 0 unspecified atom stereocenters. The van der Waals surface area contributed by atoms with Crippen molar-refractivity contribution in [3.63, 3.8) is 0 Å². The van der Waals surface area contributed by atoms with Gasteiger partial charge >= 0.3 is 0 Å². The maximum absolute atomic E-state index is 5.01. The van der Waals surface area contributed by atoms with Crippen LogP contribution in [-0.2, 0) is 0 Å². The summed E-state index contributed by atoms with van der Waals surface area (Å²) in [6.45, 7) is 0. The van der Waals surface area contributed by atoms with Gasteiger partial charge in [0.15, 0.2) is 5.82 Å². The molecule has 0 fully saturated rings. The molecule has 0 bridgehead atoms. The molecule has 206 valence electrons. The number of pyridine rings is 2. The zero-order valence-electron chi connectivity index (χ0n) is 23.8. The molecule has 5 aromatic carbocycles. The van der Waals surface area contributed by atoms with Crippen LogP contribution in [0.4, 0.5) is 0 Å². The van der Waals surface area contributed by atoms with Crippen LogP contribution in [0.5, 0.6) is 0 Å². The fourth-order valence-electron chi connectivity index (χ4n) is 5.61. The molecule has 44 heavy (non-hydrogen) atoms. The first-order valence-electron chi connectivity index (χ1n) is 14.6. The summed E-state index contributed by atoms with van der Waals surface area (Å²) >= 11 is 0. The highest BCUT2D eigenvalue weighted by atomic mass is 14.9. The van der Waals surface area contributed by atoms with E-state index in [1.807, 2.05) is 42.7 Å². The van der Waals surface area contributed by atoms with Crippen LogP contribution in [-0.4, -0.2) is 19.9 Å². The molecule has 4 heteroatoms. The Hall–Kier alpha value is -6.00. The number of nitrogens with zero attached hydrogens (tertiary/aromatic N) is 4. The average Bonchev–Trinajstić information content (AvgIpc) is 3.12. The van der Waals surface area contributed by atoms with Gasteiger partial charge in [-0.25, -0.2) is 19.9 Å². The molecule has 0 radical (unpaired) electrons. The van der Waals surface area contributed by atoms with E-state index in [1.54, 1.807) is 0 Å². The third kappa shape index (κ3) is 4.89. The average molecular weight is 563 g/mol. The van der Waals surface area contributed by atoms with Gasteiger partial charge in [-0.3, -0.25) is 0 Å². The van der Waals surface area contributed by atoms with Crippen molar-refractivity contribution in [1.82, 2.24) is 19.9 Å². The van der Waals surface area contributed by atoms with Crippen LogP contribution in [0.15, 0.2) is 158 Å². The third-order valence-corrected chi connectivity index (χ3v) is 8.01. The monoisotopic (exact) mass is 562 g/mol.